The van der Waals surface area contributed by atoms with Gasteiger partial charge in [-0.25, -0.2) is 0 Å². The summed E-state index contributed by atoms with van der Waals surface area (Å²) in [5.41, 5.74) is 8.19. The fourth-order valence-corrected chi connectivity index (χ4v) is 2.81. The Balaban J connectivity index is 2.03. The van der Waals surface area contributed by atoms with Gasteiger partial charge in [-0.2, -0.15) is 0 Å². The number of nitrogen functional groups attached to an aromatic ring is 1. The fourth-order valence-electron chi connectivity index (χ4n) is 2.81. The maximum Gasteiger partial charge on any atom is 0.144 e. The molecule has 4 nitrogen and oxygen atoms in total. The van der Waals surface area contributed by atoms with Gasteiger partial charge >= 0.3 is 0 Å². The number of piperazine rings is 1. The topological polar surface area (TPSA) is 41.7 Å². The quantitative estimate of drug-likeness (QED) is 0.818. The van der Waals surface area contributed by atoms with Crippen LogP contribution in [0.5, 0.6) is 5.75 Å². The smallest absolute Gasteiger partial charge is 0.144 e. The molecule has 1 aliphatic heterocycles. The van der Waals surface area contributed by atoms with Crippen LogP contribution in [0.4, 0.5) is 11.4 Å². The van der Waals surface area contributed by atoms with Crippen LogP contribution in [-0.2, 0) is 0 Å². The van der Waals surface area contributed by atoms with Crippen LogP contribution in [0.15, 0.2) is 18.2 Å². The molecular weight excluding hydrogens is 262 g/mol. The number of benzene rings is 1. The van der Waals surface area contributed by atoms with Crippen molar-refractivity contribution in [2.75, 3.05) is 43.4 Å². The Bertz CT molecular complexity index is 442. The van der Waals surface area contributed by atoms with E-state index < -0.39 is 0 Å². The minimum atomic E-state index is 0.670. The van der Waals surface area contributed by atoms with Gasteiger partial charge in [0.05, 0.1) is 18.0 Å². The lowest BCUT2D eigenvalue weighted by molar-refractivity contribution is 0.193. The van der Waals surface area contributed by atoms with Gasteiger partial charge in [0.1, 0.15) is 5.75 Å². The van der Waals surface area contributed by atoms with Crippen LogP contribution in [0.25, 0.3) is 0 Å². The highest BCUT2D eigenvalue weighted by Gasteiger charge is 2.22. The lowest BCUT2D eigenvalue weighted by Gasteiger charge is -2.39. The molecule has 2 N–H and O–H groups in total. The number of nitrogens with two attached hydrogens (primary N) is 1. The van der Waals surface area contributed by atoms with Gasteiger partial charge in [-0.15, -0.1) is 0 Å². The normalized spacial score (nSPS) is 17.8. The minimum Gasteiger partial charge on any atom is -0.491 e. The number of hydrogen-bond donors (Lipinski definition) is 1. The predicted molar refractivity (Wildman–Crippen MR) is 90.2 cm³/mol. The van der Waals surface area contributed by atoms with Crippen molar-refractivity contribution in [3.8, 4) is 5.75 Å². The maximum absolute atomic E-state index is 6.30. The molecule has 1 atom stereocenters. The van der Waals surface area contributed by atoms with Crippen molar-refractivity contribution in [3.05, 3.63) is 18.2 Å². The van der Waals surface area contributed by atoms with E-state index in [0.29, 0.717) is 6.04 Å². The van der Waals surface area contributed by atoms with E-state index in [-0.39, 0.29) is 0 Å². The van der Waals surface area contributed by atoms with E-state index in [1.54, 1.807) is 0 Å². The van der Waals surface area contributed by atoms with Crippen molar-refractivity contribution in [2.45, 2.75) is 39.7 Å². The largest absolute Gasteiger partial charge is 0.491 e. The Morgan fingerprint density at radius 1 is 1.19 bits per heavy atom. The van der Waals surface area contributed by atoms with Gasteiger partial charge in [0.25, 0.3) is 0 Å². The van der Waals surface area contributed by atoms with Crippen molar-refractivity contribution in [1.29, 1.82) is 0 Å². The van der Waals surface area contributed by atoms with E-state index in [4.69, 9.17) is 10.5 Å². The Morgan fingerprint density at radius 3 is 2.52 bits per heavy atom. The highest BCUT2D eigenvalue weighted by molar-refractivity contribution is 5.74. The Kier molecular flexibility index (Phi) is 5.74. The van der Waals surface area contributed by atoms with Gasteiger partial charge in [0, 0.05) is 32.2 Å². The highest BCUT2D eigenvalue weighted by Crippen LogP contribution is 2.33. The lowest BCUT2D eigenvalue weighted by Crippen LogP contribution is -2.49. The van der Waals surface area contributed by atoms with Gasteiger partial charge in [0.15, 0.2) is 0 Å². The first-order valence-electron chi connectivity index (χ1n) is 8.17. The number of anilines is 2. The van der Waals surface area contributed by atoms with Gasteiger partial charge < -0.3 is 15.4 Å². The molecule has 0 spiro atoms. The summed E-state index contributed by atoms with van der Waals surface area (Å²) >= 11 is 0. The summed E-state index contributed by atoms with van der Waals surface area (Å²) in [5.74, 6) is 0.818. The molecule has 4 heteroatoms. The summed E-state index contributed by atoms with van der Waals surface area (Å²) in [6.07, 6.45) is 2.21. The van der Waals surface area contributed by atoms with Crippen LogP contribution in [0.2, 0.25) is 0 Å². The van der Waals surface area contributed by atoms with E-state index in [0.717, 1.165) is 56.3 Å². The second kappa shape index (κ2) is 7.55. The highest BCUT2D eigenvalue weighted by atomic mass is 16.5. The molecule has 2 rings (SSSR count). The SMILES string of the molecule is CCCOc1cccc(N2CCN(C(C)CC)CC2)c1N. The molecule has 0 aromatic heterocycles. The second-order valence-corrected chi connectivity index (χ2v) is 5.82. The zero-order valence-electron chi connectivity index (χ0n) is 13.6. The van der Waals surface area contributed by atoms with Crippen LogP contribution in [0.1, 0.15) is 33.6 Å². The van der Waals surface area contributed by atoms with Crippen molar-refractivity contribution in [1.82, 2.24) is 4.90 Å². The molecule has 21 heavy (non-hydrogen) atoms. The van der Waals surface area contributed by atoms with Gasteiger partial charge in [-0.3, -0.25) is 4.90 Å². The summed E-state index contributed by atoms with van der Waals surface area (Å²) in [5, 5.41) is 0. The number of ether oxygens (including phenoxy) is 1. The third-order valence-corrected chi connectivity index (χ3v) is 4.37. The van der Waals surface area contributed by atoms with E-state index >= 15 is 0 Å². The van der Waals surface area contributed by atoms with E-state index in [2.05, 4.69) is 36.6 Å². The molecule has 1 unspecified atom stereocenters. The summed E-state index contributed by atoms with van der Waals surface area (Å²) in [6, 6.07) is 6.78. The van der Waals surface area contributed by atoms with E-state index in [1.165, 1.54) is 6.42 Å². The van der Waals surface area contributed by atoms with Gasteiger partial charge in [-0.1, -0.05) is 19.9 Å². The number of rotatable bonds is 6. The molecular formula is C17H29N3O. The average molecular weight is 291 g/mol. The summed E-state index contributed by atoms with van der Waals surface area (Å²) < 4.78 is 5.73. The molecule has 1 aromatic rings. The molecule has 0 amide bonds. The first kappa shape index (κ1) is 16.0. The molecule has 0 bridgehead atoms. The molecule has 0 aliphatic carbocycles. The number of hydrogen-bond acceptors (Lipinski definition) is 4. The monoisotopic (exact) mass is 291 g/mol. The summed E-state index contributed by atoms with van der Waals surface area (Å²) in [7, 11) is 0. The number of para-hydroxylation sites is 1. The van der Waals surface area contributed by atoms with Crippen LogP contribution in [0, 0.1) is 0 Å². The molecule has 118 valence electrons. The van der Waals surface area contributed by atoms with Crippen molar-refractivity contribution in [3.63, 3.8) is 0 Å². The molecule has 1 aromatic carbocycles. The molecule has 1 aliphatic rings. The van der Waals surface area contributed by atoms with Gasteiger partial charge in [-0.05, 0) is 31.9 Å². The van der Waals surface area contributed by atoms with Crippen LogP contribution < -0.4 is 15.4 Å². The molecule has 1 heterocycles. The van der Waals surface area contributed by atoms with Crippen LogP contribution in [0.3, 0.4) is 0 Å². The van der Waals surface area contributed by atoms with E-state index in [9.17, 15) is 0 Å². The molecule has 1 saturated heterocycles. The first-order valence-corrected chi connectivity index (χ1v) is 8.17. The zero-order chi connectivity index (χ0) is 15.2. The minimum absolute atomic E-state index is 0.670. The Hall–Kier alpha value is -1.42. The second-order valence-electron chi connectivity index (χ2n) is 5.82. The maximum atomic E-state index is 6.30. The molecule has 0 radical (unpaired) electrons. The first-order chi connectivity index (χ1) is 10.2. The summed E-state index contributed by atoms with van der Waals surface area (Å²) in [6.45, 7) is 11.7. The molecule has 0 saturated carbocycles. The van der Waals surface area contributed by atoms with Crippen molar-refractivity contribution in [2.24, 2.45) is 0 Å². The van der Waals surface area contributed by atoms with Crippen LogP contribution >= 0.6 is 0 Å². The zero-order valence-corrected chi connectivity index (χ0v) is 13.6. The van der Waals surface area contributed by atoms with Crippen LogP contribution in [-0.4, -0.2) is 43.7 Å². The average Bonchev–Trinajstić information content (AvgIpc) is 2.53. The summed E-state index contributed by atoms with van der Waals surface area (Å²) in [4.78, 5) is 4.94. The van der Waals surface area contributed by atoms with E-state index in [1.807, 2.05) is 12.1 Å². The third kappa shape index (κ3) is 3.82. The van der Waals surface area contributed by atoms with Crippen molar-refractivity contribution >= 4 is 11.4 Å². The van der Waals surface area contributed by atoms with Gasteiger partial charge in [0.2, 0.25) is 0 Å². The predicted octanol–water partition coefficient (Wildman–Crippen LogP) is 2.98. The van der Waals surface area contributed by atoms with Crippen molar-refractivity contribution < 1.29 is 4.74 Å². The third-order valence-electron chi connectivity index (χ3n) is 4.37. The Morgan fingerprint density at radius 2 is 1.90 bits per heavy atom. The molecule has 1 fully saturated rings. The fraction of sp³-hybridized carbons (Fsp3) is 0.647. The standard InChI is InChI=1S/C17H29N3O/c1-4-13-21-16-8-6-7-15(17(16)18)20-11-9-19(10-12-20)14(3)5-2/h6-8,14H,4-5,9-13,18H2,1-3H3. The Labute approximate surface area is 128 Å². The lowest BCUT2D eigenvalue weighted by atomic mass is 10.1. The number of nitrogens with zero attached hydrogens (tertiary/aromatic N) is 2.